The monoisotopic (exact) mass is 718 g/mol. The van der Waals surface area contributed by atoms with Gasteiger partial charge in [-0.2, -0.15) is 0 Å². The van der Waals surface area contributed by atoms with E-state index in [-0.39, 0.29) is 38.6 Å². The number of allylic oxidation sites excluding steroid dienone is 2. The minimum Gasteiger partial charge on any atom is -0.462 e. The molecule has 0 aliphatic heterocycles. The maximum atomic E-state index is 12.5. The molecule has 0 amide bonds. The summed E-state index contributed by atoms with van der Waals surface area (Å²) < 4.78 is 32.6. The fraction of sp³-hybridized carbons (Fsp3) is 0.897. The van der Waals surface area contributed by atoms with Gasteiger partial charge >= 0.3 is 19.8 Å². The Labute approximate surface area is 300 Å². The van der Waals surface area contributed by atoms with Crippen molar-refractivity contribution in [1.82, 2.24) is 0 Å². The first-order valence-electron chi connectivity index (χ1n) is 20.2. The van der Waals surface area contributed by atoms with Crippen molar-refractivity contribution in [3.63, 3.8) is 0 Å². The lowest BCUT2D eigenvalue weighted by Gasteiger charge is -2.19. The Hall–Kier alpha value is -1.25. The van der Waals surface area contributed by atoms with Gasteiger partial charge in [0.05, 0.1) is 13.2 Å². The summed E-state index contributed by atoms with van der Waals surface area (Å²) in [5.74, 6) is -0.878. The van der Waals surface area contributed by atoms with E-state index in [9.17, 15) is 19.0 Å². The van der Waals surface area contributed by atoms with E-state index in [4.69, 9.17) is 24.3 Å². The molecule has 0 aromatic rings. The standard InChI is InChI=1S/C39H76NO8P/c1-3-5-7-9-11-13-15-17-18-20-22-24-26-28-30-32-39(42)48-37(36-47-49(43,44)46-34-33-40)35-45-38(41)31-29-27-25-23-21-19-16-14-12-10-8-6-4-2/h26,28,37H,3-25,27,29-36,40H2,1-2H3,(H,43,44). The van der Waals surface area contributed by atoms with Crippen LogP contribution in [-0.2, 0) is 32.7 Å². The normalized spacial score (nSPS) is 13.5. The van der Waals surface area contributed by atoms with Gasteiger partial charge in [0.15, 0.2) is 6.10 Å². The lowest BCUT2D eigenvalue weighted by molar-refractivity contribution is -0.161. The molecule has 2 atom stereocenters. The molecule has 0 spiro atoms. The third kappa shape index (κ3) is 36.3. The third-order valence-corrected chi connectivity index (χ3v) is 9.65. The van der Waals surface area contributed by atoms with E-state index in [1.807, 2.05) is 6.08 Å². The Kier molecular flexibility index (Phi) is 35.6. The molecule has 0 saturated carbocycles. The molecule has 0 heterocycles. The lowest BCUT2D eigenvalue weighted by Crippen LogP contribution is -2.29. The second kappa shape index (κ2) is 36.5. The van der Waals surface area contributed by atoms with Crippen LogP contribution in [0.25, 0.3) is 0 Å². The summed E-state index contributed by atoms with van der Waals surface area (Å²) in [6, 6.07) is 0. The highest BCUT2D eigenvalue weighted by molar-refractivity contribution is 7.47. The topological polar surface area (TPSA) is 134 Å². The number of rotatable bonds is 38. The molecule has 0 fully saturated rings. The van der Waals surface area contributed by atoms with Crippen LogP contribution in [0, 0.1) is 0 Å². The molecule has 3 N–H and O–H groups in total. The van der Waals surface area contributed by atoms with Gasteiger partial charge in [-0.3, -0.25) is 18.6 Å². The van der Waals surface area contributed by atoms with Crippen molar-refractivity contribution in [1.29, 1.82) is 0 Å². The van der Waals surface area contributed by atoms with Crippen molar-refractivity contribution >= 4 is 19.8 Å². The molecule has 0 aliphatic rings. The number of phosphoric acid groups is 1. The molecule has 290 valence electrons. The molecule has 0 aromatic heterocycles. The number of hydrogen-bond acceptors (Lipinski definition) is 8. The zero-order valence-corrected chi connectivity index (χ0v) is 32.6. The van der Waals surface area contributed by atoms with Crippen LogP contribution >= 0.6 is 7.82 Å². The van der Waals surface area contributed by atoms with E-state index < -0.39 is 26.5 Å². The molecule has 0 rings (SSSR count). The van der Waals surface area contributed by atoms with Gasteiger partial charge in [-0.15, -0.1) is 0 Å². The van der Waals surface area contributed by atoms with Crippen LogP contribution in [0.15, 0.2) is 12.2 Å². The second-order valence-corrected chi connectivity index (χ2v) is 15.0. The first-order valence-corrected chi connectivity index (χ1v) is 21.7. The Balaban J connectivity index is 4.21. The molecule has 0 aromatic carbocycles. The van der Waals surface area contributed by atoms with Crippen LogP contribution in [0.4, 0.5) is 0 Å². The van der Waals surface area contributed by atoms with E-state index >= 15 is 0 Å². The van der Waals surface area contributed by atoms with E-state index in [0.717, 1.165) is 32.1 Å². The molecule has 49 heavy (non-hydrogen) atoms. The summed E-state index contributed by atoms with van der Waals surface area (Å²) in [6.45, 7) is 3.70. The average molecular weight is 718 g/mol. The smallest absolute Gasteiger partial charge is 0.462 e. The minimum atomic E-state index is -4.37. The minimum absolute atomic E-state index is 0.0515. The van der Waals surface area contributed by atoms with Gasteiger partial charge in [0.25, 0.3) is 0 Å². The summed E-state index contributed by atoms with van der Waals surface area (Å²) in [5.41, 5.74) is 5.33. The van der Waals surface area contributed by atoms with Crippen LogP contribution in [0.2, 0.25) is 0 Å². The summed E-state index contributed by atoms with van der Waals surface area (Å²) >= 11 is 0. The molecule has 0 radical (unpaired) electrons. The van der Waals surface area contributed by atoms with Gasteiger partial charge < -0.3 is 20.1 Å². The first-order chi connectivity index (χ1) is 23.8. The van der Waals surface area contributed by atoms with Crippen LogP contribution in [0.5, 0.6) is 0 Å². The van der Waals surface area contributed by atoms with Gasteiger partial charge in [0, 0.05) is 19.4 Å². The number of hydrogen-bond donors (Lipinski definition) is 2. The number of esters is 2. The van der Waals surface area contributed by atoms with E-state index in [1.165, 1.54) is 128 Å². The highest BCUT2D eigenvalue weighted by atomic mass is 31.2. The zero-order chi connectivity index (χ0) is 36.1. The van der Waals surface area contributed by atoms with Crippen molar-refractivity contribution < 1.29 is 37.6 Å². The molecule has 0 aliphatic carbocycles. The highest BCUT2D eigenvalue weighted by Crippen LogP contribution is 2.43. The van der Waals surface area contributed by atoms with Gasteiger partial charge in [-0.25, -0.2) is 4.57 Å². The lowest BCUT2D eigenvalue weighted by atomic mass is 10.0. The summed E-state index contributed by atoms with van der Waals surface area (Å²) in [7, 11) is -4.37. The SMILES string of the molecule is CCCCCCCCCCCCCC=CCCC(=O)OC(COC(=O)CCCCCCCCCCCCCCC)COP(=O)(O)OCCN. The van der Waals surface area contributed by atoms with Crippen LogP contribution < -0.4 is 5.73 Å². The fourth-order valence-corrected chi connectivity index (χ4v) is 6.42. The summed E-state index contributed by atoms with van der Waals surface area (Å²) in [4.78, 5) is 34.7. The largest absolute Gasteiger partial charge is 0.472 e. The predicted molar refractivity (Wildman–Crippen MR) is 201 cm³/mol. The Bertz CT molecular complexity index is 825. The highest BCUT2D eigenvalue weighted by Gasteiger charge is 2.25. The number of phosphoric ester groups is 1. The molecule has 9 nitrogen and oxygen atoms in total. The summed E-state index contributed by atoms with van der Waals surface area (Å²) in [6.07, 6.45) is 35.4. The van der Waals surface area contributed by atoms with Crippen molar-refractivity contribution in [2.45, 2.75) is 200 Å². The number of unbranched alkanes of at least 4 members (excludes halogenated alkanes) is 23. The molecule has 0 bridgehead atoms. The van der Waals surface area contributed by atoms with Crippen LogP contribution in [0.1, 0.15) is 194 Å². The number of nitrogens with two attached hydrogens (primary N) is 1. The van der Waals surface area contributed by atoms with Crippen LogP contribution in [0.3, 0.4) is 0 Å². The molecular weight excluding hydrogens is 641 g/mol. The van der Waals surface area contributed by atoms with E-state index in [1.54, 1.807) is 0 Å². The number of carbonyl (C=O) groups excluding carboxylic acids is 2. The molecule has 0 saturated heterocycles. The summed E-state index contributed by atoms with van der Waals surface area (Å²) in [5, 5.41) is 0. The van der Waals surface area contributed by atoms with Gasteiger partial charge in [-0.05, 0) is 25.7 Å². The quantitative estimate of drug-likeness (QED) is 0.0277. The predicted octanol–water partition coefficient (Wildman–Crippen LogP) is 11.1. The van der Waals surface area contributed by atoms with Crippen molar-refractivity contribution in [2.75, 3.05) is 26.4 Å². The maximum absolute atomic E-state index is 12.5. The maximum Gasteiger partial charge on any atom is 0.472 e. The Morgan fingerprint density at radius 2 is 1.04 bits per heavy atom. The second-order valence-electron chi connectivity index (χ2n) is 13.5. The van der Waals surface area contributed by atoms with Crippen molar-refractivity contribution in [2.24, 2.45) is 5.73 Å². The first kappa shape index (κ1) is 47.8. The molecular formula is C39H76NO8P. The van der Waals surface area contributed by atoms with Gasteiger partial charge in [0.1, 0.15) is 6.61 Å². The number of carbonyl (C=O) groups is 2. The molecule has 2 unspecified atom stereocenters. The Morgan fingerprint density at radius 3 is 1.53 bits per heavy atom. The molecule has 10 heteroatoms. The van der Waals surface area contributed by atoms with Crippen molar-refractivity contribution in [3.05, 3.63) is 12.2 Å². The van der Waals surface area contributed by atoms with Gasteiger partial charge in [0.2, 0.25) is 0 Å². The number of ether oxygens (including phenoxy) is 2. The van der Waals surface area contributed by atoms with Crippen molar-refractivity contribution in [3.8, 4) is 0 Å². The van der Waals surface area contributed by atoms with E-state index in [0.29, 0.717) is 6.42 Å². The average Bonchev–Trinajstić information content (AvgIpc) is 3.08. The fourth-order valence-electron chi connectivity index (χ4n) is 5.65. The van der Waals surface area contributed by atoms with E-state index in [2.05, 4.69) is 19.9 Å². The Morgan fingerprint density at radius 1 is 0.592 bits per heavy atom. The van der Waals surface area contributed by atoms with Crippen LogP contribution in [-0.4, -0.2) is 49.3 Å². The van der Waals surface area contributed by atoms with Gasteiger partial charge in [-0.1, -0.05) is 167 Å². The zero-order valence-electron chi connectivity index (χ0n) is 31.7. The third-order valence-electron chi connectivity index (χ3n) is 8.66.